The third kappa shape index (κ3) is 6.40. The molecule has 2 N–H and O–H groups in total. The maximum Gasteiger partial charge on any atom is 0.437 e. The van der Waals surface area contributed by atoms with Crippen molar-refractivity contribution in [2.24, 2.45) is 10.7 Å². The monoisotopic (exact) mass is 405 g/mol. The van der Waals surface area contributed by atoms with E-state index in [1.807, 2.05) is 0 Å². The van der Waals surface area contributed by atoms with Gasteiger partial charge in [-0.2, -0.15) is 0 Å². The quantitative estimate of drug-likeness (QED) is 0.596. The second-order valence-corrected chi connectivity index (χ2v) is 7.41. The number of aliphatic imine (C=N–C) groups is 1. The molecule has 0 fully saturated rings. The van der Waals surface area contributed by atoms with Crippen molar-refractivity contribution in [3.63, 3.8) is 0 Å². The van der Waals surface area contributed by atoms with E-state index in [4.69, 9.17) is 15.2 Å². The highest BCUT2D eigenvalue weighted by Crippen LogP contribution is 2.07. The van der Waals surface area contributed by atoms with Crippen LogP contribution in [0.25, 0.3) is 0 Å². The Hall–Kier alpha value is -3.40. The number of sulfonamides is 1. The topological polar surface area (TPSA) is 128 Å². The lowest BCUT2D eigenvalue weighted by Crippen LogP contribution is -2.46. The van der Waals surface area contributed by atoms with Gasteiger partial charge in [0.15, 0.2) is 0 Å². The van der Waals surface area contributed by atoms with E-state index < -0.39 is 28.2 Å². The lowest BCUT2D eigenvalue weighted by Gasteiger charge is -2.18. The second-order valence-electron chi connectivity index (χ2n) is 5.58. The van der Waals surface area contributed by atoms with Crippen molar-refractivity contribution in [2.75, 3.05) is 6.26 Å². The lowest BCUT2D eigenvalue weighted by molar-refractivity contribution is 0.130. The number of carbonyl (C=O) groups excluding carboxylic acids is 2. The van der Waals surface area contributed by atoms with E-state index in [2.05, 4.69) is 4.99 Å². The molecule has 0 atom stereocenters. The summed E-state index contributed by atoms with van der Waals surface area (Å²) in [4.78, 5) is 27.3. The van der Waals surface area contributed by atoms with Gasteiger partial charge in [0.05, 0.1) is 6.26 Å². The molecular weight excluding hydrogens is 386 g/mol. The van der Waals surface area contributed by atoms with Crippen molar-refractivity contribution < 1.29 is 27.5 Å². The minimum absolute atomic E-state index is 0.0895. The molecule has 2 rings (SSSR count). The number of amides is 2. The molecule has 10 heteroatoms. The Morgan fingerprint density at radius 1 is 0.929 bits per heavy atom. The van der Waals surface area contributed by atoms with E-state index in [1.54, 1.807) is 60.7 Å². The number of rotatable bonds is 5. The zero-order valence-corrected chi connectivity index (χ0v) is 15.8. The van der Waals surface area contributed by atoms with Crippen LogP contribution < -0.4 is 5.73 Å². The summed E-state index contributed by atoms with van der Waals surface area (Å²) in [5.41, 5.74) is 6.88. The molecule has 0 heterocycles. The Kier molecular flexibility index (Phi) is 7.10. The predicted octanol–water partition coefficient (Wildman–Crippen LogP) is 2.24. The number of nitrogens with two attached hydrogens (primary N) is 1. The molecule has 2 aromatic carbocycles. The molecule has 2 aromatic rings. The van der Waals surface area contributed by atoms with E-state index in [-0.39, 0.29) is 17.5 Å². The molecule has 0 aliphatic carbocycles. The van der Waals surface area contributed by atoms with Gasteiger partial charge in [-0.25, -0.2) is 18.0 Å². The first kappa shape index (κ1) is 20.9. The number of hydrogen-bond donors (Lipinski definition) is 1. The molecule has 0 aliphatic heterocycles. The first-order valence-corrected chi connectivity index (χ1v) is 9.88. The summed E-state index contributed by atoms with van der Waals surface area (Å²) in [5, 5.41) is 0. The van der Waals surface area contributed by atoms with Gasteiger partial charge in [-0.05, 0) is 11.1 Å². The Morgan fingerprint density at radius 3 is 1.86 bits per heavy atom. The van der Waals surface area contributed by atoms with Crippen LogP contribution in [0.4, 0.5) is 9.59 Å². The van der Waals surface area contributed by atoms with Crippen molar-refractivity contribution in [2.45, 2.75) is 13.2 Å². The largest absolute Gasteiger partial charge is 0.444 e. The van der Waals surface area contributed by atoms with Crippen molar-refractivity contribution in [1.29, 1.82) is 0 Å². The molecule has 2 amide bonds. The normalized spacial score (nSPS) is 11.5. The first-order chi connectivity index (χ1) is 13.3. The molecule has 0 saturated carbocycles. The molecule has 0 aromatic heterocycles. The molecule has 148 valence electrons. The average molecular weight is 405 g/mol. The Morgan fingerprint density at radius 2 is 1.39 bits per heavy atom. The van der Waals surface area contributed by atoms with Gasteiger partial charge in [-0.1, -0.05) is 60.7 Å². The number of nitrogens with zero attached hydrogens (tertiary/aromatic N) is 2. The molecule has 9 nitrogen and oxygen atoms in total. The van der Waals surface area contributed by atoms with E-state index in [0.29, 0.717) is 11.1 Å². The van der Waals surface area contributed by atoms with Crippen molar-refractivity contribution in [3.8, 4) is 0 Å². The summed E-state index contributed by atoms with van der Waals surface area (Å²) in [7, 11) is -4.19. The third-order valence-electron chi connectivity index (χ3n) is 3.32. The zero-order valence-electron chi connectivity index (χ0n) is 15.0. The van der Waals surface area contributed by atoms with Crippen LogP contribution in [-0.2, 0) is 32.7 Å². The number of carbonyl (C=O) groups is 2. The van der Waals surface area contributed by atoms with Crippen LogP contribution in [0.15, 0.2) is 65.7 Å². The summed E-state index contributed by atoms with van der Waals surface area (Å²) >= 11 is 0. The van der Waals surface area contributed by atoms with Gasteiger partial charge in [0, 0.05) is 0 Å². The zero-order chi connectivity index (χ0) is 20.6. The fourth-order valence-electron chi connectivity index (χ4n) is 2.07. The summed E-state index contributed by atoms with van der Waals surface area (Å²) in [6.07, 6.45) is -1.71. The van der Waals surface area contributed by atoms with Crippen LogP contribution in [-0.4, -0.2) is 37.1 Å². The van der Waals surface area contributed by atoms with Gasteiger partial charge < -0.3 is 15.2 Å². The van der Waals surface area contributed by atoms with Gasteiger partial charge in [-0.3, -0.25) is 0 Å². The highest BCUT2D eigenvalue weighted by atomic mass is 32.2. The summed E-state index contributed by atoms with van der Waals surface area (Å²) in [5.74, 6) is -0.876. The smallest absolute Gasteiger partial charge is 0.437 e. The van der Waals surface area contributed by atoms with Gasteiger partial charge in [0.2, 0.25) is 16.0 Å². The molecule has 0 spiro atoms. The van der Waals surface area contributed by atoms with E-state index in [9.17, 15) is 18.0 Å². The predicted molar refractivity (Wildman–Crippen MR) is 102 cm³/mol. The van der Waals surface area contributed by atoms with Gasteiger partial charge in [0.1, 0.15) is 13.2 Å². The molecular formula is C18H19N3O6S. The number of ether oxygens (including phenoxy) is 2. The van der Waals surface area contributed by atoms with Crippen molar-refractivity contribution in [1.82, 2.24) is 4.31 Å². The standard InChI is InChI=1S/C18H19N3O6S/c1-28(24,25)21(18(23)27-13-15-10-6-3-7-11-15)16(19)20-17(22)26-12-14-8-4-2-5-9-14/h2-11H,12-13H2,1H3,(H2,19,20,22). The van der Waals surface area contributed by atoms with Crippen molar-refractivity contribution >= 4 is 28.2 Å². The molecule has 0 bridgehead atoms. The fourth-order valence-corrected chi connectivity index (χ4v) is 2.77. The van der Waals surface area contributed by atoms with Crippen LogP contribution in [0, 0.1) is 0 Å². The Labute approximate surface area is 162 Å². The van der Waals surface area contributed by atoms with E-state index in [1.165, 1.54) is 0 Å². The van der Waals surface area contributed by atoms with Gasteiger partial charge in [0.25, 0.3) is 0 Å². The van der Waals surface area contributed by atoms with E-state index >= 15 is 0 Å². The maximum atomic E-state index is 12.2. The van der Waals surface area contributed by atoms with E-state index in [0.717, 1.165) is 6.26 Å². The Balaban J connectivity index is 2.05. The number of benzene rings is 2. The van der Waals surface area contributed by atoms with Gasteiger partial charge in [-0.15, -0.1) is 9.30 Å². The molecule has 28 heavy (non-hydrogen) atoms. The first-order valence-electron chi connectivity index (χ1n) is 8.03. The highest BCUT2D eigenvalue weighted by molar-refractivity contribution is 7.89. The highest BCUT2D eigenvalue weighted by Gasteiger charge is 2.29. The number of guanidine groups is 1. The fraction of sp³-hybridized carbons (Fsp3) is 0.167. The average Bonchev–Trinajstić information content (AvgIpc) is 2.65. The Bertz CT molecular complexity index is 946. The minimum atomic E-state index is -4.19. The number of hydrogen-bond acceptors (Lipinski definition) is 6. The van der Waals surface area contributed by atoms with Crippen LogP contribution in [0.5, 0.6) is 0 Å². The van der Waals surface area contributed by atoms with Crippen LogP contribution >= 0.6 is 0 Å². The van der Waals surface area contributed by atoms with Crippen LogP contribution in [0.1, 0.15) is 11.1 Å². The molecule has 0 saturated heterocycles. The lowest BCUT2D eigenvalue weighted by atomic mass is 10.2. The van der Waals surface area contributed by atoms with Gasteiger partial charge >= 0.3 is 12.2 Å². The summed E-state index contributed by atoms with van der Waals surface area (Å²) in [6, 6.07) is 17.4. The molecule has 0 aliphatic rings. The second kappa shape index (κ2) is 9.51. The third-order valence-corrected chi connectivity index (χ3v) is 4.32. The molecule has 0 unspecified atom stereocenters. The maximum absolute atomic E-state index is 12.2. The summed E-state index contributed by atoms with van der Waals surface area (Å²) in [6.45, 7) is -0.273. The summed E-state index contributed by atoms with van der Waals surface area (Å²) < 4.78 is 33.7. The van der Waals surface area contributed by atoms with Crippen molar-refractivity contribution in [3.05, 3.63) is 71.8 Å². The molecule has 0 radical (unpaired) electrons. The van der Waals surface area contributed by atoms with Crippen LogP contribution in [0.2, 0.25) is 0 Å². The minimum Gasteiger partial charge on any atom is -0.444 e. The SMILES string of the molecule is CS(=O)(=O)N(C(=O)OCc1ccccc1)C(N)=NC(=O)OCc1ccccc1. The van der Waals surface area contributed by atoms with Crippen LogP contribution in [0.3, 0.4) is 0 Å².